The Hall–Kier alpha value is -0.820. The van der Waals surface area contributed by atoms with E-state index in [0.717, 1.165) is 5.56 Å². The monoisotopic (exact) mass is 391 g/mol. The maximum atomic E-state index is 11.5. The lowest BCUT2D eigenvalue weighted by atomic mass is 10.2. The summed E-state index contributed by atoms with van der Waals surface area (Å²) in [6, 6.07) is 10.0. The molecule has 0 fully saturated rings. The summed E-state index contributed by atoms with van der Waals surface area (Å²) in [5, 5.41) is 2.74. The first-order valence-corrected chi connectivity index (χ1v) is 7.84. The molecule has 1 aromatic carbocycles. The van der Waals surface area contributed by atoms with Gasteiger partial charge in [0.05, 0.1) is 17.1 Å². The molecular weight excluding hydrogens is 369 g/mol. The van der Waals surface area contributed by atoms with Crippen molar-refractivity contribution >= 4 is 28.7 Å². The van der Waals surface area contributed by atoms with Crippen LogP contribution in [0.5, 0.6) is 0 Å². The largest absolute Gasteiger partial charge is 0.444 e. The van der Waals surface area contributed by atoms with Crippen LogP contribution in [0.1, 0.15) is 26.3 Å². The molecule has 1 amide bonds. The van der Waals surface area contributed by atoms with Crippen molar-refractivity contribution < 1.29 is 14.3 Å². The van der Waals surface area contributed by atoms with Gasteiger partial charge in [0.1, 0.15) is 5.60 Å². The predicted molar refractivity (Wildman–Crippen MR) is 88.1 cm³/mol. The van der Waals surface area contributed by atoms with E-state index < -0.39 is 5.60 Å². The van der Waals surface area contributed by atoms with Crippen molar-refractivity contribution in [2.24, 2.45) is 0 Å². The number of carbonyl (C=O) groups is 1. The van der Waals surface area contributed by atoms with Crippen LogP contribution in [-0.2, 0) is 16.1 Å². The lowest BCUT2D eigenvalue weighted by molar-refractivity contribution is 0.0521. The second-order valence-corrected chi connectivity index (χ2v) is 7.24. The Labute approximate surface area is 134 Å². The maximum Gasteiger partial charge on any atom is 0.407 e. The van der Waals surface area contributed by atoms with Gasteiger partial charge in [-0.25, -0.2) is 4.79 Å². The zero-order valence-corrected chi connectivity index (χ0v) is 14.3. The van der Waals surface area contributed by atoms with Crippen LogP contribution in [0, 0.1) is 0 Å². The van der Waals surface area contributed by atoms with Crippen molar-refractivity contribution in [1.29, 1.82) is 0 Å². The molecule has 0 saturated carbocycles. The average molecular weight is 391 g/mol. The van der Waals surface area contributed by atoms with Crippen molar-refractivity contribution in [2.75, 3.05) is 13.2 Å². The van der Waals surface area contributed by atoms with Gasteiger partial charge >= 0.3 is 6.09 Å². The van der Waals surface area contributed by atoms with Gasteiger partial charge in [-0.05, 0) is 26.3 Å². The highest BCUT2D eigenvalue weighted by atomic mass is 127. The normalized spacial score (nSPS) is 12.8. The van der Waals surface area contributed by atoms with E-state index in [1.54, 1.807) is 0 Å². The van der Waals surface area contributed by atoms with E-state index in [4.69, 9.17) is 9.47 Å². The predicted octanol–water partition coefficient (Wildman–Crippen LogP) is 3.53. The molecule has 1 unspecified atom stereocenters. The van der Waals surface area contributed by atoms with E-state index in [0.29, 0.717) is 19.8 Å². The van der Waals surface area contributed by atoms with Crippen LogP contribution in [0.15, 0.2) is 30.3 Å². The molecule has 0 aliphatic heterocycles. The molecule has 1 rings (SSSR count). The molecular formula is C15H22INO3. The maximum absolute atomic E-state index is 11.5. The first-order chi connectivity index (χ1) is 9.37. The molecule has 0 aliphatic carbocycles. The molecule has 0 heterocycles. The SMILES string of the molecule is CC(C)(C)OC(=O)NCC(I)COCc1ccccc1. The average Bonchev–Trinajstić information content (AvgIpc) is 2.36. The van der Waals surface area contributed by atoms with Gasteiger partial charge in [0.2, 0.25) is 0 Å². The summed E-state index contributed by atoms with van der Waals surface area (Å²) in [4.78, 5) is 11.5. The molecule has 1 aromatic rings. The van der Waals surface area contributed by atoms with Crippen LogP contribution in [0.2, 0.25) is 0 Å². The smallest absolute Gasteiger partial charge is 0.407 e. The highest BCUT2D eigenvalue weighted by Gasteiger charge is 2.16. The van der Waals surface area contributed by atoms with Gasteiger partial charge in [0, 0.05) is 6.54 Å². The zero-order valence-electron chi connectivity index (χ0n) is 12.2. The Morgan fingerprint density at radius 3 is 2.55 bits per heavy atom. The van der Waals surface area contributed by atoms with E-state index in [2.05, 4.69) is 27.9 Å². The van der Waals surface area contributed by atoms with Crippen molar-refractivity contribution in [3.8, 4) is 0 Å². The highest BCUT2D eigenvalue weighted by Crippen LogP contribution is 2.08. The van der Waals surface area contributed by atoms with Crippen molar-refractivity contribution in [2.45, 2.75) is 36.9 Å². The number of benzene rings is 1. The molecule has 20 heavy (non-hydrogen) atoms. The second kappa shape index (κ2) is 8.46. The van der Waals surface area contributed by atoms with Gasteiger partial charge < -0.3 is 14.8 Å². The third-order valence-electron chi connectivity index (χ3n) is 2.28. The molecule has 5 heteroatoms. The number of amides is 1. The number of hydrogen-bond donors (Lipinski definition) is 1. The molecule has 112 valence electrons. The van der Waals surface area contributed by atoms with Gasteiger partial charge in [-0.2, -0.15) is 0 Å². The summed E-state index contributed by atoms with van der Waals surface area (Å²) >= 11 is 2.26. The quantitative estimate of drug-likeness (QED) is 0.596. The van der Waals surface area contributed by atoms with Crippen LogP contribution >= 0.6 is 22.6 Å². The summed E-state index contributed by atoms with van der Waals surface area (Å²) in [7, 11) is 0. The Kier molecular flexibility index (Phi) is 7.29. The number of ether oxygens (including phenoxy) is 2. The van der Waals surface area contributed by atoms with Crippen LogP contribution in [0.4, 0.5) is 4.79 Å². The summed E-state index contributed by atoms with van der Waals surface area (Å²) in [5.41, 5.74) is 0.686. The highest BCUT2D eigenvalue weighted by molar-refractivity contribution is 14.1. The van der Waals surface area contributed by atoms with Crippen LogP contribution in [0.3, 0.4) is 0 Å². The van der Waals surface area contributed by atoms with Crippen molar-refractivity contribution in [3.63, 3.8) is 0 Å². The van der Waals surface area contributed by atoms with Crippen LogP contribution < -0.4 is 5.32 Å². The molecule has 0 aliphatic rings. The number of alkyl carbamates (subject to hydrolysis) is 1. The lowest BCUT2D eigenvalue weighted by Crippen LogP contribution is -2.36. The third-order valence-corrected chi connectivity index (χ3v) is 3.08. The van der Waals surface area contributed by atoms with Crippen molar-refractivity contribution in [1.82, 2.24) is 5.32 Å². The topological polar surface area (TPSA) is 47.6 Å². The van der Waals surface area contributed by atoms with Gasteiger partial charge in [-0.3, -0.25) is 0 Å². The van der Waals surface area contributed by atoms with Gasteiger partial charge in [0.25, 0.3) is 0 Å². The number of alkyl halides is 1. The molecule has 1 atom stereocenters. The minimum atomic E-state index is -0.464. The van der Waals surface area contributed by atoms with E-state index in [1.807, 2.05) is 51.1 Å². The molecule has 4 nitrogen and oxygen atoms in total. The fourth-order valence-electron chi connectivity index (χ4n) is 1.45. The first kappa shape index (κ1) is 17.2. The van der Waals surface area contributed by atoms with Crippen molar-refractivity contribution in [3.05, 3.63) is 35.9 Å². The summed E-state index contributed by atoms with van der Waals surface area (Å²) < 4.78 is 11.0. The zero-order chi connectivity index (χ0) is 15.0. The molecule has 0 aromatic heterocycles. The number of carbonyl (C=O) groups excluding carboxylic acids is 1. The Bertz CT molecular complexity index is 403. The second-order valence-electron chi connectivity index (χ2n) is 5.48. The number of hydrogen-bond acceptors (Lipinski definition) is 3. The molecule has 0 spiro atoms. The number of halogens is 1. The third kappa shape index (κ3) is 8.37. The van der Waals surface area contributed by atoms with E-state index in [9.17, 15) is 4.79 Å². The molecule has 0 radical (unpaired) electrons. The standard InChI is InChI=1S/C15H22INO3/c1-15(2,3)20-14(18)17-9-13(16)11-19-10-12-7-5-4-6-8-12/h4-8,13H,9-11H2,1-3H3,(H,17,18). The first-order valence-electron chi connectivity index (χ1n) is 6.59. The van der Waals surface area contributed by atoms with Gasteiger partial charge in [0.15, 0.2) is 0 Å². The Morgan fingerprint density at radius 2 is 1.95 bits per heavy atom. The van der Waals surface area contributed by atoms with E-state index >= 15 is 0 Å². The molecule has 0 saturated heterocycles. The summed E-state index contributed by atoms with van der Waals surface area (Å²) in [6.07, 6.45) is -0.387. The number of rotatable bonds is 6. The summed E-state index contributed by atoms with van der Waals surface area (Å²) in [6.45, 7) is 7.24. The van der Waals surface area contributed by atoms with E-state index in [-0.39, 0.29) is 10.0 Å². The van der Waals surface area contributed by atoms with Gasteiger partial charge in [-0.1, -0.05) is 52.9 Å². The van der Waals surface area contributed by atoms with Gasteiger partial charge in [-0.15, -0.1) is 0 Å². The fourth-order valence-corrected chi connectivity index (χ4v) is 1.92. The fraction of sp³-hybridized carbons (Fsp3) is 0.533. The Morgan fingerprint density at radius 1 is 1.30 bits per heavy atom. The molecule has 0 bridgehead atoms. The number of nitrogens with one attached hydrogen (secondary N) is 1. The van der Waals surface area contributed by atoms with Crippen LogP contribution in [-0.4, -0.2) is 28.8 Å². The summed E-state index contributed by atoms with van der Waals surface area (Å²) in [5.74, 6) is 0. The van der Waals surface area contributed by atoms with E-state index in [1.165, 1.54) is 0 Å². The Balaban J connectivity index is 2.14. The van der Waals surface area contributed by atoms with Crippen LogP contribution in [0.25, 0.3) is 0 Å². The molecule has 1 N–H and O–H groups in total. The minimum Gasteiger partial charge on any atom is -0.444 e. The lowest BCUT2D eigenvalue weighted by Gasteiger charge is -2.20. The minimum absolute atomic E-state index is 0.212.